The van der Waals surface area contributed by atoms with Crippen LogP contribution in [-0.2, 0) is 30.5 Å². The highest BCUT2D eigenvalue weighted by molar-refractivity contribution is 8.14. The summed E-state index contributed by atoms with van der Waals surface area (Å²) in [4.78, 5) is 38.5. The van der Waals surface area contributed by atoms with Gasteiger partial charge in [-0.1, -0.05) is 11.8 Å². The Kier molecular flexibility index (Phi) is 7.85. The standard InChI is InChI=1S/C17H20F3N3O5S/c1-3-27-15(25)10-22-6-4-13(21-22)8-12-9-23(28-16(26)17(18,19)20)7-5-14(12)29-11(2)24/h4,6,8,14H,3,5,7,9-10H2,1-2H3/b12-8+. The molecule has 1 unspecified atom stereocenters. The van der Waals surface area contributed by atoms with Crippen molar-refractivity contribution in [3.8, 4) is 0 Å². The molecule has 0 saturated carbocycles. The number of carbonyl (C=O) groups is 3. The normalized spacial score (nSPS) is 19.2. The summed E-state index contributed by atoms with van der Waals surface area (Å²) in [7, 11) is 0. The number of halogens is 3. The number of esters is 1. The summed E-state index contributed by atoms with van der Waals surface area (Å²) in [5, 5.41) is 4.68. The highest BCUT2D eigenvalue weighted by Crippen LogP contribution is 2.30. The zero-order chi connectivity index (χ0) is 21.6. The topological polar surface area (TPSA) is 90.7 Å². The lowest BCUT2D eigenvalue weighted by Gasteiger charge is -2.32. The van der Waals surface area contributed by atoms with E-state index < -0.39 is 18.1 Å². The van der Waals surface area contributed by atoms with Gasteiger partial charge in [0.05, 0.1) is 18.8 Å². The predicted octanol–water partition coefficient (Wildman–Crippen LogP) is 2.20. The zero-order valence-corrected chi connectivity index (χ0v) is 16.6. The molecule has 0 spiro atoms. The molecule has 0 aliphatic carbocycles. The number of hydrogen-bond donors (Lipinski definition) is 0. The molecule has 1 atom stereocenters. The maximum atomic E-state index is 12.4. The SMILES string of the molecule is CCOC(=O)Cn1ccc(/C=C2\CN(OC(=O)C(F)(F)F)CCC2SC(C)=O)n1. The first kappa shape index (κ1) is 22.9. The van der Waals surface area contributed by atoms with Crippen LogP contribution in [0.2, 0.25) is 0 Å². The molecule has 2 rings (SSSR count). The van der Waals surface area contributed by atoms with Gasteiger partial charge < -0.3 is 9.57 Å². The molecule has 1 fully saturated rings. The molecule has 0 bridgehead atoms. The molecule has 0 amide bonds. The van der Waals surface area contributed by atoms with Crippen molar-refractivity contribution >= 4 is 34.9 Å². The van der Waals surface area contributed by atoms with Gasteiger partial charge in [-0.3, -0.25) is 14.3 Å². The van der Waals surface area contributed by atoms with Crippen molar-refractivity contribution in [2.24, 2.45) is 0 Å². The minimum absolute atomic E-state index is 0.0569. The molecule has 1 aliphatic rings. The van der Waals surface area contributed by atoms with E-state index in [1.165, 1.54) is 11.6 Å². The van der Waals surface area contributed by atoms with E-state index in [2.05, 4.69) is 9.94 Å². The monoisotopic (exact) mass is 435 g/mol. The second-order valence-corrected chi connectivity index (χ2v) is 7.47. The lowest BCUT2D eigenvalue weighted by Crippen LogP contribution is -2.41. The Morgan fingerprint density at radius 3 is 2.72 bits per heavy atom. The fourth-order valence-corrected chi connectivity index (χ4v) is 3.54. The second-order valence-electron chi connectivity index (χ2n) is 6.09. The van der Waals surface area contributed by atoms with Crippen molar-refractivity contribution in [3.05, 3.63) is 23.5 Å². The van der Waals surface area contributed by atoms with Crippen LogP contribution in [0.5, 0.6) is 0 Å². The Labute approximate surface area is 168 Å². The summed E-state index contributed by atoms with van der Waals surface area (Å²) < 4.78 is 43.5. The van der Waals surface area contributed by atoms with Crippen molar-refractivity contribution in [2.45, 2.75) is 38.2 Å². The number of ether oxygens (including phenoxy) is 1. The van der Waals surface area contributed by atoms with Gasteiger partial charge in [-0.2, -0.15) is 18.3 Å². The van der Waals surface area contributed by atoms with Crippen LogP contribution in [0.25, 0.3) is 6.08 Å². The van der Waals surface area contributed by atoms with Crippen molar-refractivity contribution in [1.29, 1.82) is 0 Å². The van der Waals surface area contributed by atoms with Crippen molar-refractivity contribution < 1.29 is 37.1 Å². The third-order valence-electron chi connectivity index (χ3n) is 3.76. The first-order valence-electron chi connectivity index (χ1n) is 8.69. The Morgan fingerprint density at radius 2 is 2.10 bits per heavy atom. The molecule has 12 heteroatoms. The highest BCUT2D eigenvalue weighted by Gasteiger charge is 2.43. The van der Waals surface area contributed by atoms with Crippen LogP contribution in [0.3, 0.4) is 0 Å². The van der Waals surface area contributed by atoms with Crippen LogP contribution in [0, 0.1) is 0 Å². The van der Waals surface area contributed by atoms with Crippen molar-refractivity contribution in [3.63, 3.8) is 0 Å². The highest BCUT2D eigenvalue weighted by atomic mass is 32.2. The predicted molar refractivity (Wildman–Crippen MR) is 97.2 cm³/mol. The Morgan fingerprint density at radius 1 is 1.38 bits per heavy atom. The van der Waals surface area contributed by atoms with Crippen LogP contribution in [0.15, 0.2) is 17.8 Å². The molecule has 2 heterocycles. The van der Waals surface area contributed by atoms with Crippen LogP contribution >= 0.6 is 11.8 Å². The lowest BCUT2D eigenvalue weighted by atomic mass is 10.0. The molecular formula is C17H20F3N3O5S. The van der Waals surface area contributed by atoms with E-state index >= 15 is 0 Å². The van der Waals surface area contributed by atoms with Crippen LogP contribution < -0.4 is 0 Å². The van der Waals surface area contributed by atoms with E-state index in [1.54, 1.807) is 25.3 Å². The van der Waals surface area contributed by atoms with Gasteiger partial charge in [0.2, 0.25) is 0 Å². The summed E-state index contributed by atoms with van der Waals surface area (Å²) in [6, 6.07) is 1.61. The fourth-order valence-electron chi connectivity index (χ4n) is 2.62. The average Bonchev–Trinajstić information content (AvgIpc) is 3.03. The second kappa shape index (κ2) is 9.92. The van der Waals surface area contributed by atoms with E-state index in [0.29, 0.717) is 17.7 Å². The van der Waals surface area contributed by atoms with Gasteiger partial charge >= 0.3 is 18.1 Å². The van der Waals surface area contributed by atoms with Gasteiger partial charge in [-0.15, -0.1) is 5.06 Å². The minimum Gasteiger partial charge on any atom is -0.465 e. The van der Waals surface area contributed by atoms with E-state index in [-0.39, 0.29) is 36.6 Å². The van der Waals surface area contributed by atoms with Gasteiger partial charge in [0.1, 0.15) is 6.54 Å². The summed E-state index contributed by atoms with van der Waals surface area (Å²) >= 11 is 1.05. The summed E-state index contributed by atoms with van der Waals surface area (Å²) in [5.41, 5.74) is 1.02. The molecular weight excluding hydrogens is 415 g/mol. The molecule has 29 heavy (non-hydrogen) atoms. The molecule has 0 radical (unpaired) electrons. The van der Waals surface area contributed by atoms with Gasteiger partial charge in [-0.05, 0) is 31.1 Å². The van der Waals surface area contributed by atoms with Crippen molar-refractivity contribution in [1.82, 2.24) is 14.8 Å². The molecule has 0 N–H and O–H groups in total. The molecule has 8 nitrogen and oxygen atoms in total. The fraction of sp³-hybridized carbons (Fsp3) is 0.529. The molecule has 1 saturated heterocycles. The number of hydroxylamine groups is 2. The Bertz CT molecular complexity index is 794. The first-order valence-corrected chi connectivity index (χ1v) is 9.57. The van der Waals surface area contributed by atoms with E-state index in [4.69, 9.17) is 4.74 Å². The molecule has 1 aliphatic heterocycles. The summed E-state index contributed by atoms with van der Waals surface area (Å²) in [6.45, 7) is 3.20. The summed E-state index contributed by atoms with van der Waals surface area (Å²) in [5.74, 6) is -2.75. The van der Waals surface area contributed by atoms with Gasteiger partial charge in [0.25, 0.3) is 0 Å². The molecule has 1 aromatic rings. The largest absolute Gasteiger partial charge is 0.492 e. The number of piperidine rings is 1. The van der Waals surface area contributed by atoms with E-state index in [1.807, 2.05) is 0 Å². The van der Waals surface area contributed by atoms with E-state index in [0.717, 1.165) is 16.8 Å². The van der Waals surface area contributed by atoms with Crippen LogP contribution in [0.4, 0.5) is 13.2 Å². The third kappa shape index (κ3) is 7.20. The third-order valence-corrected chi connectivity index (χ3v) is 4.91. The maximum Gasteiger partial charge on any atom is 0.492 e. The van der Waals surface area contributed by atoms with E-state index in [9.17, 15) is 27.6 Å². The average molecular weight is 435 g/mol. The lowest BCUT2D eigenvalue weighted by molar-refractivity contribution is -0.238. The van der Waals surface area contributed by atoms with Crippen LogP contribution in [0.1, 0.15) is 26.0 Å². The van der Waals surface area contributed by atoms with Gasteiger partial charge in [-0.25, -0.2) is 4.79 Å². The zero-order valence-electron chi connectivity index (χ0n) is 15.8. The first-order chi connectivity index (χ1) is 13.6. The maximum absolute atomic E-state index is 12.4. The summed E-state index contributed by atoms with van der Waals surface area (Å²) in [6.07, 6.45) is -1.62. The number of aromatic nitrogens is 2. The molecule has 0 aromatic carbocycles. The van der Waals surface area contributed by atoms with Crippen LogP contribution in [-0.4, -0.2) is 63.0 Å². The van der Waals surface area contributed by atoms with Gasteiger partial charge in [0, 0.05) is 24.9 Å². The number of alkyl halides is 3. The minimum atomic E-state index is -5.10. The quantitative estimate of drug-likeness (QED) is 0.629. The molecule has 1 aromatic heterocycles. The van der Waals surface area contributed by atoms with Gasteiger partial charge in [0.15, 0.2) is 5.12 Å². The smallest absolute Gasteiger partial charge is 0.465 e. The Balaban J connectivity index is 2.15. The number of nitrogens with zero attached hydrogens (tertiary/aromatic N) is 3. The number of rotatable bonds is 6. The number of thioether (sulfide) groups is 1. The molecule has 160 valence electrons. The Hall–Kier alpha value is -2.34. The number of hydrogen-bond acceptors (Lipinski definition) is 8. The number of carbonyl (C=O) groups excluding carboxylic acids is 3. The van der Waals surface area contributed by atoms with Crippen molar-refractivity contribution in [2.75, 3.05) is 19.7 Å².